The second-order valence-corrected chi connectivity index (χ2v) is 3.54. The van der Waals surface area contributed by atoms with Gasteiger partial charge in [-0.15, -0.1) is 0 Å². The molecule has 78 valence electrons. The molecule has 0 saturated carbocycles. The van der Waals surface area contributed by atoms with Gasteiger partial charge in [-0.1, -0.05) is 19.1 Å². The van der Waals surface area contributed by atoms with Crippen molar-refractivity contribution in [2.75, 3.05) is 0 Å². The van der Waals surface area contributed by atoms with E-state index in [2.05, 4.69) is 0 Å². The molecule has 4 nitrogen and oxygen atoms in total. The molecular weight excluding hydrogens is 184 g/mol. The van der Waals surface area contributed by atoms with Gasteiger partial charge in [0.05, 0.1) is 11.8 Å². The third kappa shape index (κ3) is 1.95. The van der Waals surface area contributed by atoms with Crippen molar-refractivity contribution >= 4 is 11.9 Å². The van der Waals surface area contributed by atoms with Gasteiger partial charge in [0.2, 0.25) is 0 Å². The maximum absolute atomic E-state index is 10.9. The highest BCUT2D eigenvalue weighted by atomic mass is 16.4. The van der Waals surface area contributed by atoms with Crippen LogP contribution in [0.1, 0.15) is 19.8 Å². The highest BCUT2D eigenvalue weighted by Crippen LogP contribution is 2.32. The Morgan fingerprint density at radius 2 is 2.00 bits per heavy atom. The number of hydrogen-bond donors (Lipinski definition) is 2. The summed E-state index contributed by atoms with van der Waals surface area (Å²) in [6.45, 7) is 1.87. The van der Waals surface area contributed by atoms with E-state index in [1.54, 1.807) is 6.08 Å². The Labute approximate surface area is 82.2 Å². The first kappa shape index (κ1) is 10.8. The van der Waals surface area contributed by atoms with Gasteiger partial charge in [0.1, 0.15) is 0 Å². The van der Waals surface area contributed by atoms with E-state index in [1.807, 2.05) is 13.0 Å². The highest BCUT2D eigenvalue weighted by Gasteiger charge is 2.39. The summed E-state index contributed by atoms with van der Waals surface area (Å²) in [4.78, 5) is 21.8. The van der Waals surface area contributed by atoms with E-state index in [-0.39, 0.29) is 5.92 Å². The molecule has 0 fully saturated rings. The van der Waals surface area contributed by atoms with Gasteiger partial charge < -0.3 is 10.2 Å². The first-order valence-electron chi connectivity index (χ1n) is 4.70. The van der Waals surface area contributed by atoms with E-state index < -0.39 is 23.8 Å². The zero-order valence-corrected chi connectivity index (χ0v) is 8.01. The van der Waals surface area contributed by atoms with Crippen molar-refractivity contribution in [3.63, 3.8) is 0 Å². The summed E-state index contributed by atoms with van der Waals surface area (Å²) in [5, 5.41) is 17.8. The molecule has 1 aliphatic carbocycles. The number of carbonyl (C=O) groups is 2. The molecule has 0 radical (unpaired) electrons. The van der Waals surface area contributed by atoms with Crippen LogP contribution in [0, 0.1) is 17.8 Å². The van der Waals surface area contributed by atoms with Gasteiger partial charge in [-0.2, -0.15) is 0 Å². The highest BCUT2D eigenvalue weighted by molar-refractivity contribution is 5.81. The van der Waals surface area contributed by atoms with Crippen molar-refractivity contribution in [1.29, 1.82) is 0 Å². The molecule has 0 spiro atoms. The van der Waals surface area contributed by atoms with E-state index >= 15 is 0 Å². The Hall–Kier alpha value is -1.32. The van der Waals surface area contributed by atoms with Crippen LogP contribution in [0.25, 0.3) is 0 Å². The Morgan fingerprint density at radius 1 is 1.36 bits per heavy atom. The molecule has 0 aliphatic heterocycles. The minimum Gasteiger partial charge on any atom is -0.481 e. The lowest BCUT2D eigenvalue weighted by Gasteiger charge is -2.28. The third-order valence-electron chi connectivity index (χ3n) is 2.74. The minimum absolute atomic E-state index is 0.151. The quantitative estimate of drug-likeness (QED) is 0.672. The predicted molar refractivity (Wildman–Crippen MR) is 49.8 cm³/mol. The topological polar surface area (TPSA) is 74.6 Å². The number of allylic oxidation sites excluding steroid dienone is 2. The second kappa shape index (κ2) is 4.26. The lowest BCUT2D eigenvalue weighted by atomic mass is 9.75. The van der Waals surface area contributed by atoms with Crippen molar-refractivity contribution in [3.05, 3.63) is 12.2 Å². The average molecular weight is 198 g/mol. The smallest absolute Gasteiger partial charge is 0.307 e. The maximum Gasteiger partial charge on any atom is 0.307 e. The zero-order chi connectivity index (χ0) is 10.7. The number of carboxylic acid groups (broad SMARTS) is 2. The molecule has 0 aromatic rings. The molecule has 0 bridgehead atoms. The molecule has 0 aromatic heterocycles. The van der Waals surface area contributed by atoms with Gasteiger partial charge in [0.15, 0.2) is 0 Å². The standard InChI is InChI=1S/C10H14O4/c1-2-6-4-3-5-7(9(11)12)8(6)10(13)14/h3-4,6-8H,2,5H2,1H3,(H,11,12)(H,13,14)/t6-,7+,8-/m1/s1. The van der Waals surface area contributed by atoms with Gasteiger partial charge in [0, 0.05) is 0 Å². The van der Waals surface area contributed by atoms with Crippen molar-refractivity contribution in [3.8, 4) is 0 Å². The summed E-state index contributed by atoms with van der Waals surface area (Å²) >= 11 is 0. The van der Waals surface area contributed by atoms with Gasteiger partial charge in [0.25, 0.3) is 0 Å². The molecule has 1 rings (SSSR count). The summed E-state index contributed by atoms with van der Waals surface area (Å²) in [5.41, 5.74) is 0. The Morgan fingerprint density at radius 3 is 2.43 bits per heavy atom. The SMILES string of the molecule is CC[C@@H]1C=CC[C@H](C(=O)O)[C@@H]1C(=O)O. The summed E-state index contributed by atoms with van der Waals surface area (Å²) in [7, 11) is 0. The van der Waals surface area contributed by atoms with Crippen LogP contribution in [-0.4, -0.2) is 22.2 Å². The molecule has 14 heavy (non-hydrogen) atoms. The Kier molecular flexibility index (Phi) is 3.28. The molecular formula is C10H14O4. The second-order valence-electron chi connectivity index (χ2n) is 3.54. The molecule has 2 N–H and O–H groups in total. The molecule has 0 unspecified atom stereocenters. The summed E-state index contributed by atoms with van der Waals surface area (Å²) in [6.07, 6.45) is 4.57. The van der Waals surface area contributed by atoms with E-state index in [4.69, 9.17) is 10.2 Å². The molecule has 1 aliphatic rings. The van der Waals surface area contributed by atoms with Crippen molar-refractivity contribution in [1.82, 2.24) is 0 Å². The van der Waals surface area contributed by atoms with Crippen LogP contribution >= 0.6 is 0 Å². The molecule has 0 heterocycles. The molecule has 0 aromatic carbocycles. The summed E-state index contributed by atoms with van der Waals surface area (Å²) in [5.74, 6) is -3.72. The summed E-state index contributed by atoms with van der Waals surface area (Å²) in [6, 6.07) is 0. The number of carboxylic acids is 2. The number of rotatable bonds is 3. The number of hydrogen-bond acceptors (Lipinski definition) is 2. The first-order valence-corrected chi connectivity index (χ1v) is 4.70. The van der Waals surface area contributed by atoms with Crippen LogP contribution in [0.3, 0.4) is 0 Å². The normalized spacial score (nSPS) is 31.4. The first-order chi connectivity index (χ1) is 6.57. The predicted octanol–water partition coefficient (Wildman–Crippen LogP) is 1.37. The van der Waals surface area contributed by atoms with Crippen LogP contribution in [0.15, 0.2) is 12.2 Å². The molecule has 0 saturated heterocycles. The van der Waals surface area contributed by atoms with E-state index in [0.29, 0.717) is 12.8 Å². The van der Waals surface area contributed by atoms with Crippen LogP contribution in [0.4, 0.5) is 0 Å². The average Bonchev–Trinajstić information content (AvgIpc) is 2.16. The fourth-order valence-corrected chi connectivity index (χ4v) is 1.96. The van der Waals surface area contributed by atoms with Crippen LogP contribution in [0.5, 0.6) is 0 Å². The van der Waals surface area contributed by atoms with Gasteiger partial charge >= 0.3 is 11.9 Å². The minimum atomic E-state index is -1.01. The maximum atomic E-state index is 10.9. The third-order valence-corrected chi connectivity index (χ3v) is 2.74. The van der Waals surface area contributed by atoms with Gasteiger partial charge in [-0.25, -0.2) is 0 Å². The van der Waals surface area contributed by atoms with Crippen LogP contribution < -0.4 is 0 Å². The number of aliphatic carboxylic acids is 2. The zero-order valence-electron chi connectivity index (χ0n) is 8.01. The van der Waals surface area contributed by atoms with Crippen molar-refractivity contribution < 1.29 is 19.8 Å². The fraction of sp³-hybridized carbons (Fsp3) is 0.600. The largest absolute Gasteiger partial charge is 0.481 e. The molecule has 0 amide bonds. The fourth-order valence-electron chi connectivity index (χ4n) is 1.96. The lowest BCUT2D eigenvalue weighted by molar-refractivity contribution is -0.155. The van der Waals surface area contributed by atoms with Gasteiger partial charge in [-0.05, 0) is 18.8 Å². The monoisotopic (exact) mass is 198 g/mol. The van der Waals surface area contributed by atoms with Gasteiger partial charge in [-0.3, -0.25) is 9.59 Å². The van der Waals surface area contributed by atoms with E-state index in [9.17, 15) is 9.59 Å². The summed E-state index contributed by atoms with van der Waals surface area (Å²) < 4.78 is 0. The Bertz CT molecular complexity index is 269. The van der Waals surface area contributed by atoms with Crippen molar-refractivity contribution in [2.45, 2.75) is 19.8 Å². The van der Waals surface area contributed by atoms with E-state index in [1.165, 1.54) is 0 Å². The van der Waals surface area contributed by atoms with Crippen LogP contribution in [-0.2, 0) is 9.59 Å². The Balaban J connectivity index is 2.92. The van der Waals surface area contributed by atoms with Crippen molar-refractivity contribution in [2.24, 2.45) is 17.8 Å². The molecule has 4 heteroatoms. The van der Waals surface area contributed by atoms with Crippen LogP contribution in [0.2, 0.25) is 0 Å². The molecule has 3 atom stereocenters. The lowest BCUT2D eigenvalue weighted by Crippen LogP contribution is -2.36. The van der Waals surface area contributed by atoms with E-state index in [0.717, 1.165) is 0 Å².